The van der Waals surface area contributed by atoms with E-state index in [9.17, 15) is 9.59 Å². The van der Waals surface area contributed by atoms with Crippen LogP contribution in [0.4, 0.5) is 0 Å². The first-order valence-corrected chi connectivity index (χ1v) is 7.14. The van der Waals surface area contributed by atoms with E-state index in [1.807, 2.05) is 34.9 Å². The van der Waals surface area contributed by atoms with Gasteiger partial charge in [0.1, 0.15) is 0 Å². The highest BCUT2D eigenvalue weighted by molar-refractivity contribution is 6.01. The Morgan fingerprint density at radius 1 is 1.23 bits per heavy atom. The number of carbonyl (C=O) groups is 2. The fourth-order valence-electron chi connectivity index (χ4n) is 2.70. The highest BCUT2D eigenvalue weighted by atomic mass is 16.1. The molecular formula is C18H16N2O2. The summed E-state index contributed by atoms with van der Waals surface area (Å²) in [4.78, 5) is 23.0. The van der Waals surface area contributed by atoms with Crippen LogP contribution in [0.2, 0.25) is 0 Å². The van der Waals surface area contributed by atoms with Gasteiger partial charge in [0.05, 0.1) is 16.8 Å². The smallest absolute Gasteiger partial charge is 0.250 e. The number of aryl methyl sites for hydroxylation is 1. The van der Waals surface area contributed by atoms with Crippen molar-refractivity contribution in [2.24, 2.45) is 5.73 Å². The van der Waals surface area contributed by atoms with Gasteiger partial charge in [-0.1, -0.05) is 31.2 Å². The Hall–Kier alpha value is -2.88. The van der Waals surface area contributed by atoms with Gasteiger partial charge in [0, 0.05) is 17.1 Å². The van der Waals surface area contributed by atoms with Crippen LogP contribution >= 0.6 is 0 Å². The number of fused-ring (bicyclic) bond motifs is 1. The SMILES string of the molecule is CCc1ccc2c(C=O)cn(-c3ccccc3C(N)=O)c2c1. The molecule has 0 saturated carbocycles. The second kappa shape index (κ2) is 5.48. The molecule has 4 nitrogen and oxygen atoms in total. The van der Waals surface area contributed by atoms with E-state index in [4.69, 9.17) is 5.73 Å². The third kappa shape index (κ3) is 2.19. The van der Waals surface area contributed by atoms with Crippen LogP contribution in [-0.4, -0.2) is 16.8 Å². The molecule has 0 saturated heterocycles. The average Bonchev–Trinajstić information content (AvgIpc) is 2.92. The predicted molar refractivity (Wildman–Crippen MR) is 86.6 cm³/mol. The molecule has 1 aromatic heterocycles. The van der Waals surface area contributed by atoms with E-state index in [2.05, 4.69) is 6.92 Å². The lowest BCUT2D eigenvalue weighted by atomic mass is 10.1. The zero-order valence-electron chi connectivity index (χ0n) is 12.2. The molecule has 3 rings (SSSR count). The van der Waals surface area contributed by atoms with Crippen molar-refractivity contribution < 1.29 is 9.59 Å². The van der Waals surface area contributed by atoms with Gasteiger partial charge in [-0.05, 0) is 30.2 Å². The third-order valence-electron chi connectivity index (χ3n) is 3.87. The van der Waals surface area contributed by atoms with Crippen LogP contribution in [0.5, 0.6) is 0 Å². The fraction of sp³-hybridized carbons (Fsp3) is 0.111. The van der Waals surface area contributed by atoms with Crippen molar-refractivity contribution in [3.05, 3.63) is 65.4 Å². The van der Waals surface area contributed by atoms with Crippen molar-refractivity contribution in [3.8, 4) is 5.69 Å². The third-order valence-corrected chi connectivity index (χ3v) is 3.87. The molecule has 0 fully saturated rings. The molecule has 0 radical (unpaired) electrons. The molecular weight excluding hydrogens is 276 g/mol. The standard InChI is InChI=1S/C18H16N2O2/c1-2-12-7-8-14-13(11-21)10-20(17(14)9-12)16-6-4-3-5-15(16)18(19)22/h3-11H,2H2,1H3,(H2,19,22). The first kappa shape index (κ1) is 14.1. The van der Waals surface area contributed by atoms with Crippen LogP contribution in [0.1, 0.15) is 33.2 Å². The normalized spacial score (nSPS) is 10.8. The zero-order chi connectivity index (χ0) is 15.7. The minimum Gasteiger partial charge on any atom is -0.366 e. The molecule has 1 heterocycles. The Balaban J connectivity index is 2.36. The number of hydrogen-bond acceptors (Lipinski definition) is 2. The van der Waals surface area contributed by atoms with Crippen molar-refractivity contribution in [1.29, 1.82) is 0 Å². The van der Waals surface area contributed by atoms with Gasteiger partial charge in [-0.3, -0.25) is 9.59 Å². The van der Waals surface area contributed by atoms with Gasteiger partial charge in [0.15, 0.2) is 6.29 Å². The van der Waals surface area contributed by atoms with Crippen molar-refractivity contribution in [1.82, 2.24) is 4.57 Å². The summed E-state index contributed by atoms with van der Waals surface area (Å²) in [6, 6.07) is 13.1. The molecule has 2 aromatic carbocycles. The van der Waals surface area contributed by atoms with E-state index < -0.39 is 5.91 Å². The summed E-state index contributed by atoms with van der Waals surface area (Å²) in [5.41, 5.74) is 9.24. The maximum Gasteiger partial charge on any atom is 0.250 e. The van der Waals surface area contributed by atoms with Crippen molar-refractivity contribution in [2.45, 2.75) is 13.3 Å². The summed E-state index contributed by atoms with van der Waals surface area (Å²) in [5.74, 6) is -0.489. The lowest BCUT2D eigenvalue weighted by Crippen LogP contribution is -2.14. The van der Waals surface area contributed by atoms with E-state index in [1.165, 1.54) is 5.56 Å². The summed E-state index contributed by atoms with van der Waals surface area (Å²) in [7, 11) is 0. The highest BCUT2D eigenvalue weighted by Crippen LogP contribution is 2.27. The maximum atomic E-state index is 11.7. The number of aromatic nitrogens is 1. The van der Waals surface area contributed by atoms with Gasteiger partial charge in [-0.25, -0.2) is 0 Å². The maximum absolute atomic E-state index is 11.7. The number of benzene rings is 2. The van der Waals surface area contributed by atoms with Crippen LogP contribution < -0.4 is 5.73 Å². The van der Waals surface area contributed by atoms with Gasteiger partial charge in [-0.15, -0.1) is 0 Å². The Morgan fingerprint density at radius 3 is 2.68 bits per heavy atom. The molecule has 0 unspecified atom stereocenters. The topological polar surface area (TPSA) is 65.1 Å². The van der Waals surface area contributed by atoms with Crippen molar-refractivity contribution in [2.75, 3.05) is 0 Å². The Labute approximate surface area is 128 Å². The number of carbonyl (C=O) groups excluding carboxylic acids is 2. The summed E-state index contributed by atoms with van der Waals surface area (Å²) in [6.45, 7) is 2.08. The minimum atomic E-state index is -0.489. The predicted octanol–water partition coefficient (Wildman–Crippen LogP) is 3.10. The molecule has 1 amide bonds. The first-order valence-electron chi connectivity index (χ1n) is 7.14. The Kier molecular flexibility index (Phi) is 3.51. The molecule has 3 aromatic rings. The van der Waals surface area contributed by atoms with Crippen molar-refractivity contribution >= 4 is 23.1 Å². The number of primary amides is 1. The van der Waals surface area contributed by atoms with Gasteiger partial charge >= 0.3 is 0 Å². The summed E-state index contributed by atoms with van der Waals surface area (Å²) in [5, 5.41) is 0.867. The zero-order valence-corrected chi connectivity index (χ0v) is 12.2. The van der Waals surface area contributed by atoms with E-state index >= 15 is 0 Å². The molecule has 22 heavy (non-hydrogen) atoms. The number of amides is 1. The van der Waals surface area contributed by atoms with Crippen LogP contribution in [0.3, 0.4) is 0 Å². The monoisotopic (exact) mass is 292 g/mol. The van der Waals surface area contributed by atoms with E-state index in [1.54, 1.807) is 18.3 Å². The number of hydrogen-bond donors (Lipinski definition) is 1. The number of nitrogens with zero attached hydrogens (tertiary/aromatic N) is 1. The minimum absolute atomic E-state index is 0.429. The number of aldehydes is 1. The lowest BCUT2D eigenvalue weighted by Gasteiger charge is -2.10. The molecule has 0 spiro atoms. The second-order valence-corrected chi connectivity index (χ2v) is 5.16. The summed E-state index contributed by atoms with van der Waals surface area (Å²) in [6.07, 6.45) is 3.48. The summed E-state index contributed by atoms with van der Waals surface area (Å²) >= 11 is 0. The van der Waals surface area contributed by atoms with Gasteiger partial charge < -0.3 is 10.3 Å². The number of nitrogens with two attached hydrogens (primary N) is 1. The Bertz CT molecular complexity index is 878. The van der Waals surface area contributed by atoms with E-state index in [-0.39, 0.29) is 0 Å². The summed E-state index contributed by atoms with van der Waals surface area (Å²) < 4.78 is 1.86. The van der Waals surface area contributed by atoms with Crippen LogP contribution in [-0.2, 0) is 6.42 Å². The van der Waals surface area contributed by atoms with E-state index in [0.717, 1.165) is 23.6 Å². The van der Waals surface area contributed by atoms with Crippen LogP contribution in [0.25, 0.3) is 16.6 Å². The first-order chi connectivity index (χ1) is 10.7. The molecule has 0 aliphatic rings. The average molecular weight is 292 g/mol. The van der Waals surface area contributed by atoms with Crippen LogP contribution in [0, 0.1) is 0 Å². The van der Waals surface area contributed by atoms with Gasteiger partial charge in [-0.2, -0.15) is 0 Å². The molecule has 2 N–H and O–H groups in total. The molecule has 0 aliphatic carbocycles. The molecule has 0 atom stereocenters. The quantitative estimate of drug-likeness (QED) is 0.751. The molecule has 0 bridgehead atoms. The largest absolute Gasteiger partial charge is 0.366 e. The van der Waals surface area contributed by atoms with Crippen LogP contribution in [0.15, 0.2) is 48.7 Å². The van der Waals surface area contributed by atoms with E-state index in [0.29, 0.717) is 16.8 Å². The van der Waals surface area contributed by atoms with Crippen molar-refractivity contribution in [3.63, 3.8) is 0 Å². The highest BCUT2D eigenvalue weighted by Gasteiger charge is 2.14. The Morgan fingerprint density at radius 2 is 2.00 bits per heavy atom. The lowest BCUT2D eigenvalue weighted by molar-refractivity contribution is 0.1000. The molecule has 4 heteroatoms. The molecule has 110 valence electrons. The number of para-hydroxylation sites is 1. The second-order valence-electron chi connectivity index (χ2n) is 5.16. The van der Waals surface area contributed by atoms with Gasteiger partial charge in [0.2, 0.25) is 0 Å². The number of rotatable bonds is 4. The molecule has 0 aliphatic heterocycles. The van der Waals surface area contributed by atoms with Gasteiger partial charge in [0.25, 0.3) is 5.91 Å². The fourth-order valence-corrected chi connectivity index (χ4v) is 2.70.